The molecule has 11 nitrogen and oxygen atoms in total. The fourth-order valence-electron chi connectivity index (χ4n) is 4.49. The number of methoxy groups -OCH3 is 6. The van der Waals surface area contributed by atoms with Gasteiger partial charge in [-0.25, -0.2) is 9.59 Å². The summed E-state index contributed by atoms with van der Waals surface area (Å²) in [6.07, 6.45) is 8.81. The Labute approximate surface area is 260 Å². The normalized spacial score (nSPS) is 10.9. The Morgan fingerprint density at radius 3 is 1.64 bits per heavy atom. The molecule has 0 unspecified atom stereocenters. The molecular weight excluding hydrogens is 570 g/mol. The highest BCUT2D eigenvalue weighted by Gasteiger charge is 2.18. The maximum absolute atomic E-state index is 12.5. The van der Waals surface area contributed by atoms with Gasteiger partial charge in [0.25, 0.3) is 0 Å². The molecule has 2 rings (SSSR count). The Balaban J connectivity index is 1.56. The molecular formula is C33H47NO10. The molecule has 0 radical (unpaired) electrons. The molecule has 0 saturated heterocycles. The van der Waals surface area contributed by atoms with E-state index in [1.54, 1.807) is 44.6 Å². The lowest BCUT2D eigenvalue weighted by atomic mass is 10.1. The number of hydrogen-bond donors (Lipinski definition) is 0. The molecule has 0 atom stereocenters. The van der Waals surface area contributed by atoms with Gasteiger partial charge in [-0.15, -0.1) is 0 Å². The van der Waals surface area contributed by atoms with Crippen LogP contribution in [0.25, 0.3) is 6.08 Å². The number of nitrogens with zero attached hydrogens (tertiary/aromatic N) is 1. The molecule has 0 fully saturated rings. The SMILES string of the molecule is COc1cc(/C=C/C(=O)OCCCCCCCN(C)CCCOC(=O)c2cc(OC)c(OC)c(OC)c2)cc(OC)c1OC. The van der Waals surface area contributed by atoms with Gasteiger partial charge in [0.2, 0.25) is 11.5 Å². The van der Waals surface area contributed by atoms with Gasteiger partial charge in [0.05, 0.1) is 61.4 Å². The average molecular weight is 618 g/mol. The van der Waals surface area contributed by atoms with E-state index in [2.05, 4.69) is 11.9 Å². The summed E-state index contributed by atoms with van der Waals surface area (Å²) in [5.41, 5.74) is 1.08. The van der Waals surface area contributed by atoms with E-state index in [0.717, 1.165) is 57.2 Å². The first-order valence-electron chi connectivity index (χ1n) is 14.6. The molecule has 0 aromatic heterocycles. The van der Waals surface area contributed by atoms with Crippen LogP contribution in [0, 0.1) is 0 Å². The van der Waals surface area contributed by atoms with Gasteiger partial charge >= 0.3 is 11.9 Å². The Morgan fingerprint density at radius 2 is 1.09 bits per heavy atom. The Kier molecular flexibility index (Phi) is 16.4. The molecule has 244 valence electrons. The lowest BCUT2D eigenvalue weighted by molar-refractivity contribution is -0.137. The van der Waals surface area contributed by atoms with E-state index in [1.165, 1.54) is 34.5 Å². The molecule has 0 bridgehead atoms. The minimum atomic E-state index is -0.438. The van der Waals surface area contributed by atoms with Crippen molar-refractivity contribution in [3.8, 4) is 34.5 Å². The van der Waals surface area contributed by atoms with Gasteiger partial charge in [0, 0.05) is 12.6 Å². The van der Waals surface area contributed by atoms with Crippen molar-refractivity contribution >= 4 is 18.0 Å². The molecule has 0 aliphatic carbocycles. The summed E-state index contributed by atoms with van der Waals surface area (Å²) >= 11 is 0. The van der Waals surface area contributed by atoms with Crippen LogP contribution in [0.1, 0.15) is 54.4 Å². The van der Waals surface area contributed by atoms with Crippen molar-refractivity contribution in [1.29, 1.82) is 0 Å². The van der Waals surface area contributed by atoms with Gasteiger partial charge in [-0.1, -0.05) is 19.3 Å². The fourth-order valence-corrected chi connectivity index (χ4v) is 4.49. The molecule has 11 heteroatoms. The van der Waals surface area contributed by atoms with E-state index in [-0.39, 0.29) is 0 Å². The first-order valence-corrected chi connectivity index (χ1v) is 14.6. The van der Waals surface area contributed by atoms with Crippen molar-refractivity contribution in [2.24, 2.45) is 0 Å². The second kappa shape index (κ2) is 20.0. The summed E-state index contributed by atoms with van der Waals surface area (Å²) in [4.78, 5) is 26.8. The molecule has 0 spiro atoms. The second-order valence-corrected chi connectivity index (χ2v) is 9.93. The van der Waals surface area contributed by atoms with Crippen LogP contribution in [0.2, 0.25) is 0 Å². The molecule has 0 aliphatic rings. The van der Waals surface area contributed by atoms with E-state index < -0.39 is 11.9 Å². The van der Waals surface area contributed by atoms with Crippen LogP contribution in [0.4, 0.5) is 0 Å². The summed E-state index contributed by atoms with van der Waals surface area (Å²) in [6, 6.07) is 6.68. The third-order valence-corrected chi connectivity index (χ3v) is 6.85. The number of hydrogen-bond acceptors (Lipinski definition) is 11. The van der Waals surface area contributed by atoms with Gasteiger partial charge in [-0.2, -0.15) is 0 Å². The molecule has 0 heterocycles. The smallest absolute Gasteiger partial charge is 0.338 e. The standard InChI is InChI=1S/C33H47NO10/c1-34(17-13-19-44-33(36)25-22-28(39-4)32(42-7)29(23-25)40-5)16-11-9-8-10-12-18-43-30(35)15-14-24-20-26(37-2)31(41-6)27(21-24)38-3/h14-15,20-23H,8-13,16-19H2,1-7H3/b15-14+. The molecule has 0 aliphatic heterocycles. The van der Waals surface area contributed by atoms with E-state index in [4.69, 9.17) is 37.9 Å². The van der Waals surface area contributed by atoms with Crippen LogP contribution < -0.4 is 28.4 Å². The number of carbonyl (C=O) groups is 2. The van der Waals surface area contributed by atoms with Crippen LogP contribution in [0.3, 0.4) is 0 Å². The predicted octanol–water partition coefficient (Wildman–Crippen LogP) is 5.42. The van der Waals surface area contributed by atoms with E-state index in [0.29, 0.717) is 53.3 Å². The van der Waals surface area contributed by atoms with Crippen molar-refractivity contribution in [3.63, 3.8) is 0 Å². The highest BCUT2D eigenvalue weighted by molar-refractivity contribution is 5.91. The molecule has 0 N–H and O–H groups in total. The lowest BCUT2D eigenvalue weighted by Crippen LogP contribution is -2.22. The monoisotopic (exact) mass is 617 g/mol. The molecule has 0 amide bonds. The second-order valence-electron chi connectivity index (χ2n) is 9.93. The fraction of sp³-hybridized carbons (Fsp3) is 0.515. The summed E-state index contributed by atoms with van der Waals surface area (Å²) in [5.74, 6) is 1.92. The Hall–Kier alpha value is -4.12. The topological polar surface area (TPSA) is 111 Å². The van der Waals surface area contributed by atoms with Gasteiger partial charge in [0.15, 0.2) is 23.0 Å². The van der Waals surface area contributed by atoms with Crippen molar-refractivity contribution < 1.29 is 47.5 Å². The van der Waals surface area contributed by atoms with Crippen LogP contribution in [0.5, 0.6) is 34.5 Å². The van der Waals surface area contributed by atoms with Crippen molar-refractivity contribution in [2.75, 3.05) is 76.0 Å². The van der Waals surface area contributed by atoms with Crippen molar-refractivity contribution in [2.45, 2.75) is 38.5 Å². The van der Waals surface area contributed by atoms with Crippen LogP contribution in [0.15, 0.2) is 30.3 Å². The third-order valence-electron chi connectivity index (χ3n) is 6.85. The maximum atomic E-state index is 12.5. The number of unbranched alkanes of at least 4 members (excludes halogenated alkanes) is 4. The summed E-state index contributed by atoms with van der Waals surface area (Å²) in [7, 11) is 11.2. The number of rotatable bonds is 21. The molecule has 0 saturated carbocycles. The molecule has 2 aromatic rings. The summed E-state index contributed by atoms with van der Waals surface area (Å²) in [6.45, 7) is 2.48. The van der Waals surface area contributed by atoms with Crippen molar-refractivity contribution in [1.82, 2.24) is 4.90 Å². The lowest BCUT2D eigenvalue weighted by Gasteiger charge is -2.16. The molecule has 2 aromatic carbocycles. The number of esters is 2. The zero-order valence-electron chi connectivity index (χ0n) is 27.1. The van der Waals surface area contributed by atoms with E-state index in [9.17, 15) is 9.59 Å². The Morgan fingerprint density at radius 1 is 0.614 bits per heavy atom. The zero-order chi connectivity index (χ0) is 32.3. The number of carbonyl (C=O) groups excluding carboxylic acids is 2. The minimum Gasteiger partial charge on any atom is -0.493 e. The highest BCUT2D eigenvalue weighted by atomic mass is 16.5. The average Bonchev–Trinajstić information content (AvgIpc) is 3.05. The maximum Gasteiger partial charge on any atom is 0.338 e. The van der Waals surface area contributed by atoms with Gasteiger partial charge in [-0.3, -0.25) is 0 Å². The van der Waals surface area contributed by atoms with Crippen LogP contribution in [-0.4, -0.2) is 92.8 Å². The van der Waals surface area contributed by atoms with E-state index in [1.807, 2.05) is 0 Å². The summed E-state index contributed by atoms with van der Waals surface area (Å²) < 4.78 is 42.6. The quantitative estimate of drug-likeness (QED) is 0.102. The zero-order valence-corrected chi connectivity index (χ0v) is 27.1. The highest BCUT2D eigenvalue weighted by Crippen LogP contribution is 2.39. The van der Waals surface area contributed by atoms with Gasteiger partial charge in [0.1, 0.15) is 0 Å². The predicted molar refractivity (Wildman–Crippen MR) is 168 cm³/mol. The number of benzene rings is 2. The van der Waals surface area contributed by atoms with Crippen LogP contribution >= 0.6 is 0 Å². The first-order chi connectivity index (χ1) is 21.3. The Bertz CT molecular complexity index is 1160. The van der Waals surface area contributed by atoms with E-state index >= 15 is 0 Å². The minimum absolute atomic E-state index is 0.316. The molecule has 44 heavy (non-hydrogen) atoms. The van der Waals surface area contributed by atoms with Gasteiger partial charge < -0.3 is 42.8 Å². The van der Waals surface area contributed by atoms with Crippen molar-refractivity contribution in [3.05, 3.63) is 41.5 Å². The third kappa shape index (κ3) is 11.5. The van der Waals surface area contributed by atoms with Gasteiger partial charge in [-0.05, 0) is 68.8 Å². The first kappa shape index (κ1) is 36.1. The number of ether oxygens (including phenoxy) is 8. The summed E-state index contributed by atoms with van der Waals surface area (Å²) in [5, 5.41) is 0. The largest absolute Gasteiger partial charge is 0.493 e. The van der Waals surface area contributed by atoms with Crippen LogP contribution in [-0.2, 0) is 14.3 Å².